The molecule has 23 heavy (non-hydrogen) atoms. The highest BCUT2D eigenvalue weighted by Crippen LogP contribution is 2.16. The molecule has 1 aromatic carbocycles. The van der Waals surface area contributed by atoms with Crippen LogP contribution >= 0.6 is 11.6 Å². The van der Waals surface area contributed by atoms with E-state index >= 15 is 0 Å². The SMILES string of the molecule is CCCCCNC(=O)c1cnc(NCc2ccccc2Cl)cn1. The molecule has 0 aliphatic rings. The zero-order valence-corrected chi connectivity index (χ0v) is 13.9. The van der Waals surface area contributed by atoms with Gasteiger partial charge in [0.2, 0.25) is 0 Å². The van der Waals surface area contributed by atoms with Crippen LogP contribution in [0, 0.1) is 0 Å². The van der Waals surface area contributed by atoms with Crippen molar-refractivity contribution in [2.45, 2.75) is 32.7 Å². The van der Waals surface area contributed by atoms with Gasteiger partial charge in [-0.1, -0.05) is 49.6 Å². The van der Waals surface area contributed by atoms with Crippen LogP contribution in [-0.2, 0) is 6.54 Å². The van der Waals surface area contributed by atoms with Gasteiger partial charge in [-0.2, -0.15) is 0 Å². The van der Waals surface area contributed by atoms with Crippen molar-refractivity contribution in [1.82, 2.24) is 15.3 Å². The van der Waals surface area contributed by atoms with Crippen molar-refractivity contribution >= 4 is 23.3 Å². The van der Waals surface area contributed by atoms with Gasteiger partial charge in [-0.05, 0) is 18.1 Å². The molecule has 0 radical (unpaired) electrons. The summed E-state index contributed by atoms with van der Waals surface area (Å²) in [5.74, 6) is 0.415. The smallest absolute Gasteiger partial charge is 0.271 e. The highest BCUT2D eigenvalue weighted by atomic mass is 35.5. The Bertz CT molecular complexity index is 631. The number of carbonyl (C=O) groups excluding carboxylic acids is 1. The highest BCUT2D eigenvalue weighted by Gasteiger charge is 2.07. The molecule has 0 unspecified atom stereocenters. The second-order valence-corrected chi connectivity index (χ2v) is 5.60. The maximum absolute atomic E-state index is 11.9. The van der Waals surface area contributed by atoms with Gasteiger partial charge in [0.05, 0.1) is 12.4 Å². The van der Waals surface area contributed by atoms with Gasteiger partial charge < -0.3 is 10.6 Å². The Morgan fingerprint density at radius 1 is 1.17 bits per heavy atom. The van der Waals surface area contributed by atoms with Crippen LogP contribution in [0.25, 0.3) is 0 Å². The van der Waals surface area contributed by atoms with Gasteiger partial charge >= 0.3 is 0 Å². The number of anilines is 1. The largest absolute Gasteiger partial charge is 0.365 e. The molecular formula is C17H21ClN4O. The number of amides is 1. The molecule has 2 rings (SSSR count). The van der Waals surface area contributed by atoms with E-state index in [4.69, 9.17) is 11.6 Å². The minimum absolute atomic E-state index is 0.189. The second-order valence-electron chi connectivity index (χ2n) is 5.19. The van der Waals surface area contributed by atoms with Crippen molar-refractivity contribution in [3.63, 3.8) is 0 Å². The van der Waals surface area contributed by atoms with Crippen molar-refractivity contribution < 1.29 is 4.79 Å². The average molecular weight is 333 g/mol. The second kappa shape index (κ2) is 9.10. The molecule has 1 amide bonds. The molecule has 122 valence electrons. The van der Waals surface area contributed by atoms with E-state index in [0.717, 1.165) is 24.8 Å². The summed E-state index contributed by atoms with van der Waals surface area (Å²) >= 11 is 6.10. The molecular weight excluding hydrogens is 312 g/mol. The van der Waals surface area contributed by atoms with Crippen LogP contribution < -0.4 is 10.6 Å². The van der Waals surface area contributed by atoms with Gasteiger partial charge in [0.15, 0.2) is 0 Å². The Morgan fingerprint density at radius 2 is 2.00 bits per heavy atom. The van der Waals surface area contributed by atoms with E-state index in [0.29, 0.717) is 29.6 Å². The number of hydrogen-bond donors (Lipinski definition) is 2. The van der Waals surface area contributed by atoms with Gasteiger partial charge in [0.1, 0.15) is 11.5 Å². The topological polar surface area (TPSA) is 66.9 Å². The first-order chi connectivity index (χ1) is 11.2. The predicted molar refractivity (Wildman–Crippen MR) is 92.7 cm³/mol. The molecule has 5 nitrogen and oxygen atoms in total. The Kier molecular flexibility index (Phi) is 6.81. The monoisotopic (exact) mass is 332 g/mol. The van der Waals surface area contributed by atoms with Crippen molar-refractivity contribution in [3.8, 4) is 0 Å². The van der Waals surface area contributed by atoms with Crippen LogP contribution in [0.3, 0.4) is 0 Å². The Morgan fingerprint density at radius 3 is 2.70 bits per heavy atom. The Labute approximate surface area is 141 Å². The van der Waals surface area contributed by atoms with Gasteiger partial charge in [0.25, 0.3) is 5.91 Å². The van der Waals surface area contributed by atoms with E-state index in [1.807, 2.05) is 24.3 Å². The molecule has 0 spiro atoms. The van der Waals surface area contributed by atoms with E-state index in [9.17, 15) is 4.79 Å². The first-order valence-electron chi connectivity index (χ1n) is 7.78. The Hall–Kier alpha value is -2.14. The molecule has 0 saturated carbocycles. The van der Waals surface area contributed by atoms with Crippen LogP contribution in [-0.4, -0.2) is 22.4 Å². The van der Waals surface area contributed by atoms with E-state index in [2.05, 4.69) is 27.5 Å². The van der Waals surface area contributed by atoms with Gasteiger partial charge in [-0.25, -0.2) is 9.97 Å². The number of nitrogens with one attached hydrogen (secondary N) is 2. The van der Waals surface area contributed by atoms with E-state index < -0.39 is 0 Å². The van der Waals surface area contributed by atoms with Crippen molar-refractivity contribution in [2.24, 2.45) is 0 Å². The van der Waals surface area contributed by atoms with Gasteiger partial charge in [0, 0.05) is 18.1 Å². The zero-order chi connectivity index (χ0) is 16.5. The number of rotatable bonds is 8. The Balaban J connectivity index is 1.84. The number of aromatic nitrogens is 2. The van der Waals surface area contributed by atoms with Gasteiger partial charge in [-0.15, -0.1) is 0 Å². The van der Waals surface area contributed by atoms with Crippen molar-refractivity contribution in [2.75, 3.05) is 11.9 Å². The third kappa shape index (κ3) is 5.53. The molecule has 0 bridgehead atoms. The fourth-order valence-electron chi connectivity index (χ4n) is 2.03. The van der Waals surface area contributed by atoms with Crippen molar-refractivity contribution in [1.29, 1.82) is 0 Å². The van der Waals surface area contributed by atoms with Crippen LogP contribution in [0.2, 0.25) is 5.02 Å². The lowest BCUT2D eigenvalue weighted by Crippen LogP contribution is -2.25. The molecule has 0 saturated heterocycles. The lowest BCUT2D eigenvalue weighted by atomic mass is 10.2. The number of hydrogen-bond acceptors (Lipinski definition) is 4. The zero-order valence-electron chi connectivity index (χ0n) is 13.2. The quantitative estimate of drug-likeness (QED) is 0.724. The average Bonchev–Trinajstić information content (AvgIpc) is 2.58. The first kappa shape index (κ1) is 17.2. The summed E-state index contributed by atoms with van der Waals surface area (Å²) in [6.07, 6.45) is 6.24. The summed E-state index contributed by atoms with van der Waals surface area (Å²) < 4.78 is 0. The van der Waals surface area contributed by atoms with Crippen LogP contribution in [0.1, 0.15) is 42.2 Å². The predicted octanol–water partition coefficient (Wildman–Crippen LogP) is 3.66. The number of benzene rings is 1. The molecule has 0 fully saturated rings. The highest BCUT2D eigenvalue weighted by molar-refractivity contribution is 6.31. The molecule has 2 N–H and O–H groups in total. The van der Waals surface area contributed by atoms with E-state index in [-0.39, 0.29) is 5.91 Å². The molecule has 1 aromatic heterocycles. The number of halogens is 1. The minimum Gasteiger partial charge on any atom is -0.365 e. The normalized spacial score (nSPS) is 10.3. The van der Waals surface area contributed by atoms with Crippen LogP contribution in [0.5, 0.6) is 0 Å². The maximum atomic E-state index is 11.9. The minimum atomic E-state index is -0.189. The number of carbonyl (C=O) groups is 1. The number of nitrogens with zero attached hydrogens (tertiary/aromatic N) is 2. The summed E-state index contributed by atoms with van der Waals surface area (Å²) in [6.45, 7) is 3.35. The summed E-state index contributed by atoms with van der Waals surface area (Å²) in [5, 5.41) is 6.68. The van der Waals surface area contributed by atoms with Crippen LogP contribution in [0.4, 0.5) is 5.82 Å². The maximum Gasteiger partial charge on any atom is 0.271 e. The molecule has 0 atom stereocenters. The lowest BCUT2D eigenvalue weighted by molar-refractivity contribution is 0.0947. The summed E-state index contributed by atoms with van der Waals surface area (Å²) in [4.78, 5) is 20.2. The summed E-state index contributed by atoms with van der Waals surface area (Å²) in [6, 6.07) is 7.61. The standard InChI is InChI=1S/C17H21ClN4O/c1-2-3-6-9-19-17(23)15-11-22-16(12-20-15)21-10-13-7-4-5-8-14(13)18/h4-5,7-8,11-12H,2-3,6,9-10H2,1H3,(H,19,23)(H,21,22). The number of unbranched alkanes of at least 4 members (excludes halogenated alkanes) is 2. The third-order valence-electron chi connectivity index (χ3n) is 3.37. The molecule has 1 heterocycles. The van der Waals surface area contributed by atoms with Crippen LogP contribution in [0.15, 0.2) is 36.7 Å². The molecule has 6 heteroatoms. The van der Waals surface area contributed by atoms with Gasteiger partial charge in [-0.3, -0.25) is 4.79 Å². The fraction of sp³-hybridized carbons (Fsp3) is 0.353. The first-order valence-corrected chi connectivity index (χ1v) is 8.16. The van der Waals surface area contributed by atoms with Crippen molar-refractivity contribution in [3.05, 3.63) is 52.9 Å². The van der Waals surface area contributed by atoms with E-state index in [1.165, 1.54) is 6.20 Å². The van der Waals surface area contributed by atoms with E-state index in [1.54, 1.807) is 6.20 Å². The molecule has 2 aromatic rings. The third-order valence-corrected chi connectivity index (χ3v) is 3.74. The lowest BCUT2D eigenvalue weighted by Gasteiger charge is -2.08. The fourth-order valence-corrected chi connectivity index (χ4v) is 2.23. The summed E-state index contributed by atoms with van der Waals surface area (Å²) in [5.41, 5.74) is 1.30. The molecule has 0 aliphatic heterocycles. The summed E-state index contributed by atoms with van der Waals surface area (Å²) in [7, 11) is 0. The molecule has 0 aliphatic carbocycles.